The van der Waals surface area contributed by atoms with Gasteiger partial charge in [-0.3, -0.25) is 4.79 Å². The van der Waals surface area contributed by atoms with Crippen molar-refractivity contribution >= 4 is 29.1 Å². The second-order valence-corrected chi connectivity index (χ2v) is 4.42. The van der Waals surface area contributed by atoms with Crippen molar-refractivity contribution < 1.29 is 13.9 Å². The van der Waals surface area contributed by atoms with Gasteiger partial charge in [0, 0.05) is 19.2 Å². The fourth-order valence-corrected chi connectivity index (χ4v) is 1.50. The van der Waals surface area contributed by atoms with Gasteiger partial charge in [0.1, 0.15) is 5.82 Å². The minimum absolute atomic E-state index is 0.0175. The van der Waals surface area contributed by atoms with E-state index in [1.54, 1.807) is 0 Å². The van der Waals surface area contributed by atoms with Crippen LogP contribution in [-0.2, 0) is 4.74 Å². The Morgan fingerprint density at radius 2 is 2.29 bits per heavy atom. The Kier molecular flexibility index (Phi) is 5.68. The SMILES string of the molecule is COCC(Cl)CNC(=O)c1ccc(Cl)c(F)c1. The first kappa shape index (κ1) is 14.2. The van der Waals surface area contributed by atoms with Gasteiger partial charge >= 0.3 is 0 Å². The Hall–Kier alpha value is -0.840. The van der Waals surface area contributed by atoms with Crippen LogP contribution in [0.5, 0.6) is 0 Å². The molecule has 6 heteroatoms. The molecule has 0 aromatic heterocycles. The van der Waals surface area contributed by atoms with E-state index in [4.69, 9.17) is 27.9 Å². The molecule has 0 aliphatic heterocycles. The van der Waals surface area contributed by atoms with Crippen molar-refractivity contribution in [3.8, 4) is 0 Å². The maximum atomic E-state index is 13.1. The molecule has 0 heterocycles. The van der Waals surface area contributed by atoms with Gasteiger partial charge in [0.15, 0.2) is 0 Å². The highest BCUT2D eigenvalue weighted by Gasteiger charge is 2.10. The molecule has 0 saturated carbocycles. The van der Waals surface area contributed by atoms with E-state index in [1.807, 2.05) is 0 Å². The van der Waals surface area contributed by atoms with Gasteiger partial charge in [0.05, 0.1) is 17.0 Å². The molecule has 1 aromatic carbocycles. The summed E-state index contributed by atoms with van der Waals surface area (Å²) in [6, 6.07) is 3.86. The molecule has 1 N–H and O–H groups in total. The monoisotopic (exact) mass is 279 g/mol. The maximum absolute atomic E-state index is 13.1. The quantitative estimate of drug-likeness (QED) is 0.841. The summed E-state index contributed by atoms with van der Waals surface area (Å²) in [6.45, 7) is 0.579. The molecule has 94 valence electrons. The summed E-state index contributed by atoms with van der Waals surface area (Å²) >= 11 is 11.3. The largest absolute Gasteiger partial charge is 0.383 e. The van der Waals surface area contributed by atoms with Crippen molar-refractivity contribution in [2.75, 3.05) is 20.3 Å². The van der Waals surface area contributed by atoms with E-state index in [0.29, 0.717) is 6.61 Å². The van der Waals surface area contributed by atoms with Crippen LogP contribution in [0.4, 0.5) is 4.39 Å². The number of hydrogen-bond acceptors (Lipinski definition) is 2. The van der Waals surface area contributed by atoms with E-state index >= 15 is 0 Å². The fourth-order valence-electron chi connectivity index (χ4n) is 1.18. The Morgan fingerprint density at radius 1 is 1.59 bits per heavy atom. The van der Waals surface area contributed by atoms with Crippen LogP contribution in [0.3, 0.4) is 0 Å². The first-order valence-corrected chi connectivity index (χ1v) is 5.72. The predicted octanol–water partition coefficient (Wildman–Crippen LogP) is 2.46. The molecule has 1 atom stereocenters. The molecule has 0 bridgehead atoms. The smallest absolute Gasteiger partial charge is 0.251 e. The third kappa shape index (κ3) is 4.50. The van der Waals surface area contributed by atoms with E-state index < -0.39 is 11.7 Å². The molecule has 1 aromatic rings. The number of ether oxygens (including phenoxy) is 1. The lowest BCUT2D eigenvalue weighted by molar-refractivity contribution is 0.0949. The summed E-state index contributed by atoms with van der Waals surface area (Å²) in [4.78, 5) is 11.6. The van der Waals surface area contributed by atoms with Crippen molar-refractivity contribution in [1.29, 1.82) is 0 Å². The second kappa shape index (κ2) is 6.79. The van der Waals surface area contributed by atoms with Crippen LogP contribution in [-0.4, -0.2) is 31.5 Å². The standard InChI is InChI=1S/C11H12Cl2FNO2/c1-17-6-8(12)5-15-11(16)7-2-3-9(13)10(14)4-7/h2-4,8H,5-6H2,1H3,(H,15,16). The van der Waals surface area contributed by atoms with E-state index in [2.05, 4.69) is 5.32 Å². The van der Waals surface area contributed by atoms with E-state index in [1.165, 1.54) is 19.2 Å². The van der Waals surface area contributed by atoms with Gasteiger partial charge in [-0.2, -0.15) is 0 Å². The van der Waals surface area contributed by atoms with Crippen LogP contribution >= 0.6 is 23.2 Å². The Balaban J connectivity index is 2.55. The molecule has 1 rings (SSSR count). The number of carbonyl (C=O) groups is 1. The zero-order valence-corrected chi connectivity index (χ0v) is 10.7. The van der Waals surface area contributed by atoms with Crippen molar-refractivity contribution in [3.63, 3.8) is 0 Å². The Morgan fingerprint density at radius 3 is 2.88 bits per heavy atom. The second-order valence-electron chi connectivity index (χ2n) is 3.39. The number of rotatable bonds is 5. The molecular formula is C11H12Cl2FNO2. The number of nitrogens with one attached hydrogen (secondary N) is 1. The number of hydrogen-bond donors (Lipinski definition) is 1. The molecule has 0 saturated heterocycles. The lowest BCUT2D eigenvalue weighted by atomic mass is 10.2. The van der Waals surface area contributed by atoms with E-state index in [-0.39, 0.29) is 22.5 Å². The van der Waals surface area contributed by atoms with Crippen molar-refractivity contribution in [2.45, 2.75) is 5.38 Å². The van der Waals surface area contributed by atoms with E-state index in [9.17, 15) is 9.18 Å². The zero-order chi connectivity index (χ0) is 12.8. The summed E-state index contributed by atoms with van der Waals surface area (Å²) in [5.41, 5.74) is 0.202. The van der Waals surface area contributed by atoms with Crippen LogP contribution in [0, 0.1) is 5.82 Å². The third-order valence-corrected chi connectivity index (χ3v) is 2.60. The highest BCUT2D eigenvalue weighted by Crippen LogP contribution is 2.15. The summed E-state index contributed by atoms with van der Waals surface area (Å²) in [5.74, 6) is -1.03. The van der Waals surface area contributed by atoms with Gasteiger partial charge in [0.2, 0.25) is 0 Å². The summed E-state index contributed by atoms with van der Waals surface area (Å²) < 4.78 is 17.9. The molecule has 0 aliphatic rings. The number of methoxy groups -OCH3 is 1. The molecule has 0 spiro atoms. The summed E-state index contributed by atoms with van der Waals surface area (Å²) in [7, 11) is 1.52. The van der Waals surface area contributed by atoms with Gasteiger partial charge in [0.25, 0.3) is 5.91 Å². The first-order valence-electron chi connectivity index (χ1n) is 4.91. The van der Waals surface area contributed by atoms with Gasteiger partial charge in [-0.05, 0) is 18.2 Å². The molecule has 1 amide bonds. The third-order valence-electron chi connectivity index (χ3n) is 2.01. The van der Waals surface area contributed by atoms with Gasteiger partial charge in [-0.25, -0.2) is 4.39 Å². The Labute approximate surface area is 109 Å². The van der Waals surface area contributed by atoms with Gasteiger partial charge in [-0.1, -0.05) is 11.6 Å². The predicted molar refractivity (Wildman–Crippen MR) is 65.3 cm³/mol. The minimum atomic E-state index is -0.626. The number of amides is 1. The first-order chi connectivity index (χ1) is 8.04. The average molecular weight is 280 g/mol. The lowest BCUT2D eigenvalue weighted by Crippen LogP contribution is -2.31. The molecule has 1 unspecified atom stereocenters. The topological polar surface area (TPSA) is 38.3 Å². The fraction of sp³-hybridized carbons (Fsp3) is 0.364. The van der Waals surface area contributed by atoms with Crippen LogP contribution < -0.4 is 5.32 Å². The van der Waals surface area contributed by atoms with Crippen LogP contribution in [0.1, 0.15) is 10.4 Å². The number of benzene rings is 1. The van der Waals surface area contributed by atoms with Crippen LogP contribution in [0.15, 0.2) is 18.2 Å². The number of alkyl halides is 1. The van der Waals surface area contributed by atoms with Gasteiger partial charge < -0.3 is 10.1 Å². The van der Waals surface area contributed by atoms with Crippen molar-refractivity contribution in [1.82, 2.24) is 5.32 Å². The Bertz CT molecular complexity index is 401. The molecule has 3 nitrogen and oxygen atoms in total. The molecule has 0 radical (unpaired) electrons. The van der Waals surface area contributed by atoms with Crippen LogP contribution in [0.25, 0.3) is 0 Å². The highest BCUT2D eigenvalue weighted by molar-refractivity contribution is 6.30. The van der Waals surface area contributed by atoms with Crippen LogP contribution in [0.2, 0.25) is 5.02 Å². The zero-order valence-electron chi connectivity index (χ0n) is 9.17. The minimum Gasteiger partial charge on any atom is -0.383 e. The summed E-state index contributed by atoms with van der Waals surface area (Å²) in [5, 5.41) is 2.23. The molecule has 0 fully saturated rings. The number of carbonyl (C=O) groups excluding carboxylic acids is 1. The normalized spacial score (nSPS) is 12.2. The molecule has 0 aliphatic carbocycles. The molecule has 17 heavy (non-hydrogen) atoms. The highest BCUT2D eigenvalue weighted by atomic mass is 35.5. The van der Waals surface area contributed by atoms with Crippen molar-refractivity contribution in [3.05, 3.63) is 34.6 Å². The van der Waals surface area contributed by atoms with Gasteiger partial charge in [-0.15, -0.1) is 11.6 Å². The number of halogens is 3. The summed E-state index contributed by atoms with van der Waals surface area (Å²) in [6.07, 6.45) is 0. The maximum Gasteiger partial charge on any atom is 0.251 e. The lowest BCUT2D eigenvalue weighted by Gasteiger charge is -2.10. The van der Waals surface area contributed by atoms with E-state index in [0.717, 1.165) is 6.07 Å². The average Bonchev–Trinajstić information content (AvgIpc) is 2.30. The van der Waals surface area contributed by atoms with Crippen molar-refractivity contribution in [2.24, 2.45) is 0 Å². The molecular weight excluding hydrogens is 268 g/mol.